The first-order chi connectivity index (χ1) is 8.95. The number of hydrogen-bond acceptors (Lipinski definition) is 4. The molecule has 1 aliphatic carbocycles. The molecule has 19 heavy (non-hydrogen) atoms. The Morgan fingerprint density at radius 2 is 2.11 bits per heavy atom. The molecule has 1 aliphatic rings. The zero-order valence-electron chi connectivity index (χ0n) is 11.4. The molecule has 0 amide bonds. The van der Waals surface area contributed by atoms with E-state index in [1.807, 2.05) is 13.8 Å². The molecule has 1 aromatic rings. The van der Waals surface area contributed by atoms with Crippen LogP contribution in [0.2, 0.25) is 0 Å². The molecule has 6 heteroatoms. The first kappa shape index (κ1) is 15.0. The van der Waals surface area contributed by atoms with Gasteiger partial charge in [0.15, 0.2) is 0 Å². The van der Waals surface area contributed by atoms with Crippen LogP contribution in [0.15, 0.2) is 16.3 Å². The Labute approximate surface area is 119 Å². The van der Waals surface area contributed by atoms with E-state index >= 15 is 0 Å². The highest BCUT2D eigenvalue weighted by molar-refractivity contribution is 7.91. The predicted molar refractivity (Wildman–Crippen MR) is 76.9 cm³/mol. The number of aliphatic hydroxyl groups is 1. The molecular weight excluding hydrogens is 282 g/mol. The fourth-order valence-corrected chi connectivity index (χ4v) is 5.35. The van der Waals surface area contributed by atoms with E-state index in [-0.39, 0.29) is 12.6 Å². The summed E-state index contributed by atoms with van der Waals surface area (Å²) in [5.74, 6) is 0.326. The van der Waals surface area contributed by atoms with Gasteiger partial charge in [-0.15, -0.1) is 11.3 Å². The molecule has 1 fully saturated rings. The second kappa shape index (κ2) is 5.91. The van der Waals surface area contributed by atoms with E-state index in [0.717, 1.165) is 17.7 Å². The van der Waals surface area contributed by atoms with Crippen molar-refractivity contribution < 1.29 is 13.5 Å². The van der Waals surface area contributed by atoms with Crippen LogP contribution in [0, 0.1) is 5.92 Å². The maximum atomic E-state index is 12.6. The molecule has 1 heterocycles. The number of hydrogen-bond donors (Lipinski definition) is 1. The van der Waals surface area contributed by atoms with Gasteiger partial charge in [0.2, 0.25) is 0 Å². The zero-order chi connectivity index (χ0) is 14.0. The molecule has 0 saturated heterocycles. The highest BCUT2D eigenvalue weighted by Crippen LogP contribution is 2.34. The molecule has 4 nitrogen and oxygen atoms in total. The third-order valence-corrected chi connectivity index (χ3v) is 6.59. The minimum atomic E-state index is -3.36. The fourth-order valence-electron chi connectivity index (χ4n) is 2.02. The van der Waals surface area contributed by atoms with E-state index in [2.05, 4.69) is 0 Å². The third-order valence-electron chi connectivity index (χ3n) is 3.06. The molecule has 0 unspecified atom stereocenters. The summed E-state index contributed by atoms with van der Waals surface area (Å²) in [6, 6.07) is 3.66. The summed E-state index contributed by atoms with van der Waals surface area (Å²) in [7, 11) is -3.36. The molecule has 0 spiro atoms. The first-order valence-electron chi connectivity index (χ1n) is 6.66. The van der Waals surface area contributed by atoms with Crippen LogP contribution in [-0.4, -0.2) is 37.0 Å². The van der Waals surface area contributed by atoms with E-state index in [9.17, 15) is 8.42 Å². The third kappa shape index (κ3) is 3.56. The largest absolute Gasteiger partial charge is 0.396 e. The summed E-state index contributed by atoms with van der Waals surface area (Å²) in [5.41, 5.74) is 0. The molecule has 0 atom stereocenters. The van der Waals surface area contributed by atoms with Gasteiger partial charge in [-0.2, -0.15) is 4.31 Å². The number of nitrogens with zero attached hydrogens (tertiary/aromatic N) is 1. The van der Waals surface area contributed by atoms with Crippen molar-refractivity contribution in [2.75, 3.05) is 13.2 Å². The molecule has 1 saturated carbocycles. The fraction of sp³-hybridized carbons (Fsp3) is 0.692. The summed E-state index contributed by atoms with van der Waals surface area (Å²) in [5, 5.41) is 8.90. The molecule has 108 valence electrons. The summed E-state index contributed by atoms with van der Waals surface area (Å²) < 4.78 is 27.3. The summed E-state index contributed by atoms with van der Waals surface area (Å²) >= 11 is 1.28. The number of thiophene rings is 1. The van der Waals surface area contributed by atoms with E-state index < -0.39 is 10.0 Å². The minimum Gasteiger partial charge on any atom is -0.396 e. The highest BCUT2D eigenvalue weighted by atomic mass is 32.2. The first-order valence-corrected chi connectivity index (χ1v) is 8.92. The molecular formula is C13H21NO3S2. The normalized spacial score (nSPS) is 16.5. The molecule has 2 rings (SSSR count). The average Bonchev–Trinajstić information content (AvgIpc) is 3.05. The van der Waals surface area contributed by atoms with Crippen LogP contribution in [0.25, 0.3) is 0 Å². The van der Waals surface area contributed by atoms with Gasteiger partial charge < -0.3 is 5.11 Å². The summed E-state index contributed by atoms with van der Waals surface area (Å²) in [6.07, 6.45) is 2.47. The van der Waals surface area contributed by atoms with Crippen molar-refractivity contribution in [1.29, 1.82) is 0 Å². The number of sulfonamides is 1. The van der Waals surface area contributed by atoms with Crippen molar-refractivity contribution in [1.82, 2.24) is 4.31 Å². The van der Waals surface area contributed by atoms with E-state index in [0.29, 0.717) is 23.1 Å². The molecule has 1 aromatic heterocycles. The van der Waals surface area contributed by atoms with E-state index in [4.69, 9.17) is 5.11 Å². The molecule has 1 N–H and O–H groups in total. The molecule has 0 aromatic carbocycles. The van der Waals surface area contributed by atoms with Crippen LogP contribution < -0.4 is 0 Å². The molecule has 0 aliphatic heterocycles. The van der Waals surface area contributed by atoms with Crippen LogP contribution in [0.5, 0.6) is 0 Å². The van der Waals surface area contributed by atoms with Gasteiger partial charge in [-0.1, -0.05) is 13.8 Å². The van der Waals surface area contributed by atoms with E-state index in [1.165, 1.54) is 11.3 Å². The Hall–Kier alpha value is -0.430. The van der Waals surface area contributed by atoms with Gasteiger partial charge in [-0.3, -0.25) is 0 Å². The lowest BCUT2D eigenvalue weighted by Crippen LogP contribution is -2.35. The summed E-state index contributed by atoms with van der Waals surface area (Å²) in [4.78, 5) is 0.918. The van der Waals surface area contributed by atoms with Crippen molar-refractivity contribution >= 4 is 21.4 Å². The predicted octanol–water partition coefficient (Wildman–Crippen LogP) is 2.09. The van der Waals surface area contributed by atoms with Gasteiger partial charge in [0.25, 0.3) is 10.0 Å². The van der Waals surface area contributed by atoms with Gasteiger partial charge in [-0.05, 0) is 30.9 Å². The monoisotopic (exact) mass is 303 g/mol. The lowest BCUT2D eigenvalue weighted by molar-refractivity contribution is 0.300. The quantitative estimate of drug-likeness (QED) is 0.839. The van der Waals surface area contributed by atoms with Gasteiger partial charge in [-0.25, -0.2) is 8.42 Å². The maximum absolute atomic E-state index is 12.6. The Morgan fingerprint density at radius 3 is 2.63 bits per heavy atom. The van der Waals surface area contributed by atoms with Gasteiger partial charge in [0, 0.05) is 30.5 Å². The maximum Gasteiger partial charge on any atom is 0.252 e. The van der Waals surface area contributed by atoms with Gasteiger partial charge >= 0.3 is 0 Å². The van der Waals surface area contributed by atoms with Crippen LogP contribution in [0.3, 0.4) is 0 Å². The number of rotatable bonds is 7. The smallest absolute Gasteiger partial charge is 0.252 e. The molecule has 0 radical (unpaired) electrons. The van der Waals surface area contributed by atoms with Crippen LogP contribution >= 0.6 is 11.3 Å². The van der Waals surface area contributed by atoms with Crippen molar-refractivity contribution in [3.8, 4) is 0 Å². The van der Waals surface area contributed by atoms with Crippen molar-refractivity contribution in [3.05, 3.63) is 17.0 Å². The topological polar surface area (TPSA) is 57.6 Å². The Balaban J connectivity index is 2.22. The second-order valence-corrected chi connectivity index (χ2v) is 8.68. The van der Waals surface area contributed by atoms with Gasteiger partial charge in [0.05, 0.1) is 0 Å². The Kier molecular flexibility index (Phi) is 4.66. The minimum absolute atomic E-state index is 0.0539. The Bertz CT molecular complexity index is 518. The average molecular weight is 303 g/mol. The zero-order valence-corrected chi connectivity index (χ0v) is 13.0. The SMILES string of the molecule is CC(C)CN(C1CC1)S(=O)(=O)c1ccc(CCO)s1. The van der Waals surface area contributed by atoms with Crippen molar-refractivity contribution in [3.63, 3.8) is 0 Å². The van der Waals surface area contributed by atoms with E-state index in [1.54, 1.807) is 16.4 Å². The standard InChI is InChI=1S/C13H21NO3S2/c1-10(2)9-14(11-3-4-11)19(16,17)13-6-5-12(18-13)7-8-15/h5-6,10-11,15H,3-4,7-9H2,1-2H3. The second-order valence-electron chi connectivity index (χ2n) is 5.39. The Morgan fingerprint density at radius 1 is 1.42 bits per heavy atom. The van der Waals surface area contributed by atoms with Gasteiger partial charge in [0.1, 0.15) is 4.21 Å². The lowest BCUT2D eigenvalue weighted by atomic mass is 10.2. The lowest BCUT2D eigenvalue weighted by Gasteiger charge is -2.22. The van der Waals surface area contributed by atoms with Crippen LogP contribution in [-0.2, 0) is 16.4 Å². The van der Waals surface area contributed by atoms with Crippen LogP contribution in [0.1, 0.15) is 31.6 Å². The summed E-state index contributed by atoms with van der Waals surface area (Å²) in [6.45, 7) is 4.71. The van der Waals surface area contributed by atoms with Crippen LogP contribution in [0.4, 0.5) is 0 Å². The number of aliphatic hydroxyl groups excluding tert-OH is 1. The van der Waals surface area contributed by atoms with Crippen molar-refractivity contribution in [2.45, 2.75) is 43.4 Å². The molecule has 0 bridgehead atoms. The highest BCUT2D eigenvalue weighted by Gasteiger charge is 2.38. The van der Waals surface area contributed by atoms with Crippen molar-refractivity contribution in [2.24, 2.45) is 5.92 Å².